The highest BCUT2D eigenvalue weighted by atomic mass is 32.1. The maximum absolute atomic E-state index is 12.3. The SMILES string of the molecule is CNc1nc(C(=O)N2CC(C)(C)[C@](C)(O)C2)cs1. The summed E-state index contributed by atoms with van der Waals surface area (Å²) >= 11 is 1.40. The number of hydrogen-bond acceptors (Lipinski definition) is 5. The van der Waals surface area contributed by atoms with Crippen molar-refractivity contribution in [2.24, 2.45) is 5.41 Å². The second-order valence-corrected chi connectivity index (χ2v) is 6.46. The Hall–Kier alpha value is -1.14. The number of anilines is 1. The van der Waals surface area contributed by atoms with E-state index in [1.54, 1.807) is 24.3 Å². The second kappa shape index (κ2) is 4.20. The van der Waals surface area contributed by atoms with Crippen LogP contribution in [0.15, 0.2) is 5.38 Å². The number of nitrogens with zero attached hydrogens (tertiary/aromatic N) is 2. The van der Waals surface area contributed by atoms with Gasteiger partial charge in [0.2, 0.25) is 0 Å². The molecule has 0 saturated carbocycles. The predicted molar refractivity (Wildman–Crippen MR) is 72.0 cm³/mol. The standard InChI is InChI=1S/C12H19N3O2S/c1-11(2)6-15(7-12(11,3)17)9(16)8-5-18-10(13-4)14-8/h5,17H,6-7H2,1-4H3,(H,13,14)/t12-/m1/s1. The van der Waals surface area contributed by atoms with Gasteiger partial charge in [0.05, 0.1) is 12.1 Å². The number of likely N-dealkylation sites (tertiary alicyclic amines) is 1. The zero-order valence-electron chi connectivity index (χ0n) is 11.1. The van der Waals surface area contributed by atoms with Crippen molar-refractivity contribution >= 4 is 22.4 Å². The lowest BCUT2D eigenvalue weighted by Gasteiger charge is -2.30. The lowest BCUT2D eigenvalue weighted by Crippen LogP contribution is -2.40. The topological polar surface area (TPSA) is 65.5 Å². The summed E-state index contributed by atoms with van der Waals surface area (Å²) in [5.41, 5.74) is -0.715. The number of β-amino-alcohol motifs (C(OH)–C–C–N with tert-alkyl or cyclic N) is 1. The third-order valence-electron chi connectivity index (χ3n) is 3.77. The average Bonchev–Trinajstić information content (AvgIpc) is 2.81. The molecule has 18 heavy (non-hydrogen) atoms. The predicted octanol–water partition coefficient (Wildman–Crippen LogP) is 1.42. The fraction of sp³-hybridized carbons (Fsp3) is 0.667. The van der Waals surface area contributed by atoms with Gasteiger partial charge in [-0.2, -0.15) is 0 Å². The van der Waals surface area contributed by atoms with Gasteiger partial charge in [-0.05, 0) is 6.92 Å². The molecule has 0 spiro atoms. The van der Waals surface area contributed by atoms with Crippen LogP contribution in [-0.4, -0.2) is 46.6 Å². The number of rotatable bonds is 2. The molecule has 1 amide bonds. The Bertz CT molecular complexity index is 452. The van der Waals surface area contributed by atoms with Crippen molar-refractivity contribution in [1.29, 1.82) is 0 Å². The summed E-state index contributed by atoms with van der Waals surface area (Å²) in [7, 11) is 1.77. The summed E-state index contributed by atoms with van der Waals surface area (Å²) in [5.74, 6) is -0.112. The summed E-state index contributed by atoms with van der Waals surface area (Å²) in [6.45, 7) is 6.62. The molecule has 2 N–H and O–H groups in total. The first-order chi connectivity index (χ1) is 8.27. The third kappa shape index (κ3) is 2.10. The van der Waals surface area contributed by atoms with E-state index < -0.39 is 5.60 Å². The molecule has 1 aliphatic rings. The van der Waals surface area contributed by atoms with Crippen molar-refractivity contribution in [1.82, 2.24) is 9.88 Å². The van der Waals surface area contributed by atoms with E-state index in [0.717, 1.165) is 5.13 Å². The van der Waals surface area contributed by atoms with E-state index >= 15 is 0 Å². The molecular formula is C12H19N3O2S. The van der Waals surface area contributed by atoms with Gasteiger partial charge < -0.3 is 15.3 Å². The van der Waals surface area contributed by atoms with Gasteiger partial charge in [-0.3, -0.25) is 4.79 Å². The molecule has 1 aromatic rings. The van der Waals surface area contributed by atoms with Crippen LogP contribution < -0.4 is 5.32 Å². The van der Waals surface area contributed by atoms with E-state index in [2.05, 4.69) is 10.3 Å². The van der Waals surface area contributed by atoms with E-state index in [1.165, 1.54) is 11.3 Å². The van der Waals surface area contributed by atoms with Crippen molar-refractivity contribution in [3.8, 4) is 0 Å². The van der Waals surface area contributed by atoms with Gasteiger partial charge in [0, 0.05) is 24.4 Å². The minimum Gasteiger partial charge on any atom is -0.388 e. The van der Waals surface area contributed by atoms with Crippen LogP contribution in [0.5, 0.6) is 0 Å². The molecule has 1 atom stereocenters. The Morgan fingerprint density at radius 1 is 1.50 bits per heavy atom. The number of carbonyl (C=O) groups is 1. The fourth-order valence-electron chi connectivity index (χ4n) is 2.08. The Kier molecular flexibility index (Phi) is 3.11. The van der Waals surface area contributed by atoms with E-state index in [-0.39, 0.29) is 11.3 Å². The summed E-state index contributed by atoms with van der Waals surface area (Å²) in [4.78, 5) is 18.2. The highest BCUT2D eigenvalue weighted by Crippen LogP contribution is 2.38. The molecule has 0 radical (unpaired) electrons. The normalized spacial score (nSPS) is 26.4. The minimum absolute atomic E-state index is 0.112. The number of amides is 1. The average molecular weight is 269 g/mol. The largest absolute Gasteiger partial charge is 0.388 e. The molecule has 1 aliphatic heterocycles. The van der Waals surface area contributed by atoms with Crippen molar-refractivity contribution in [2.75, 3.05) is 25.5 Å². The van der Waals surface area contributed by atoms with Gasteiger partial charge in [-0.15, -0.1) is 11.3 Å². The molecule has 0 aliphatic carbocycles. The van der Waals surface area contributed by atoms with Crippen LogP contribution >= 0.6 is 11.3 Å². The molecule has 0 aromatic carbocycles. The van der Waals surface area contributed by atoms with Gasteiger partial charge in [-0.1, -0.05) is 13.8 Å². The van der Waals surface area contributed by atoms with E-state index in [9.17, 15) is 9.90 Å². The van der Waals surface area contributed by atoms with Crippen LogP contribution in [0.2, 0.25) is 0 Å². The molecule has 5 nitrogen and oxygen atoms in total. The highest BCUT2D eigenvalue weighted by Gasteiger charge is 2.49. The molecule has 0 unspecified atom stereocenters. The smallest absolute Gasteiger partial charge is 0.273 e. The molecule has 2 heterocycles. The first kappa shape index (κ1) is 13.3. The molecule has 1 fully saturated rings. The summed E-state index contributed by atoms with van der Waals surface area (Å²) in [5, 5.41) is 15.7. The Morgan fingerprint density at radius 2 is 2.17 bits per heavy atom. The van der Waals surface area contributed by atoms with Gasteiger partial charge in [0.15, 0.2) is 5.13 Å². The Morgan fingerprint density at radius 3 is 2.61 bits per heavy atom. The Balaban J connectivity index is 2.17. The zero-order valence-corrected chi connectivity index (χ0v) is 12.0. The third-order valence-corrected chi connectivity index (χ3v) is 4.63. The molecule has 1 saturated heterocycles. The summed E-state index contributed by atoms with van der Waals surface area (Å²) < 4.78 is 0. The van der Waals surface area contributed by atoms with Crippen LogP contribution in [0.4, 0.5) is 5.13 Å². The highest BCUT2D eigenvalue weighted by molar-refractivity contribution is 7.13. The monoisotopic (exact) mass is 269 g/mol. The van der Waals surface area contributed by atoms with Crippen LogP contribution in [0.3, 0.4) is 0 Å². The molecule has 100 valence electrons. The first-order valence-corrected chi connectivity index (χ1v) is 6.80. The number of hydrogen-bond donors (Lipinski definition) is 2. The summed E-state index contributed by atoms with van der Waals surface area (Å²) in [6, 6.07) is 0. The number of aromatic nitrogens is 1. The molecule has 0 bridgehead atoms. The van der Waals surface area contributed by atoms with Crippen LogP contribution in [0, 0.1) is 5.41 Å². The summed E-state index contributed by atoms with van der Waals surface area (Å²) in [6.07, 6.45) is 0. The van der Waals surface area contributed by atoms with Crippen molar-refractivity contribution < 1.29 is 9.90 Å². The molecule has 1 aromatic heterocycles. The van der Waals surface area contributed by atoms with Gasteiger partial charge in [-0.25, -0.2) is 4.98 Å². The molecule has 2 rings (SSSR count). The maximum Gasteiger partial charge on any atom is 0.273 e. The quantitative estimate of drug-likeness (QED) is 0.852. The number of thiazole rings is 1. The van der Waals surface area contributed by atoms with E-state index in [1.807, 2.05) is 13.8 Å². The lowest BCUT2D eigenvalue weighted by molar-refractivity contribution is -0.0108. The number of aliphatic hydroxyl groups is 1. The van der Waals surface area contributed by atoms with Crippen molar-refractivity contribution in [3.63, 3.8) is 0 Å². The molecular weight excluding hydrogens is 250 g/mol. The van der Waals surface area contributed by atoms with Crippen LogP contribution in [0.25, 0.3) is 0 Å². The molecule has 6 heteroatoms. The number of carbonyl (C=O) groups excluding carboxylic acids is 1. The lowest BCUT2D eigenvalue weighted by atomic mass is 9.79. The van der Waals surface area contributed by atoms with Crippen molar-refractivity contribution in [2.45, 2.75) is 26.4 Å². The fourth-order valence-corrected chi connectivity index (χ4v) is 2.73. The van der Waals surface area contributed by atoms with Crippen LogP contribution in [-0.2, 0) is 0 Å². The van der Waals surface area contributed by atoms with E-state index in [0.29, 0.717) is 18.8 Å². The second-order valence-electron chi connectivity index (χ2n) is 5.61. The minimum atomic E-state index is -0.857. The van der Waals surface area contributed by atoms with Gasteiger partial charge in [0.25, 0.3) is 5.91 Å². The number of nitrogens with one attached hydrogen (secondary N) is 1. The van der Waals surface area contributed by atoms with Crippen LogP contribution in [0.1, 0.15) is 31.3 Å². The van der Waals surface area contributed by atoms with E-state index in [4.69, 9.17) is 0 Å². The van der Waals surface area contributed by atoms with Crippen molar-refractivity contribution in [3.05, 3.63) is 11.1 Å². The zero-order chi connectivity index (χ0) is 13.6. The Labute approximate surface area is 111 Å². The first-order valence-electron chi connectivity index (χ1n) is 5.92. The maximum atomic E-state index is 12.3. The van der Waals surface area contributed by atoms with Gasteiger partial charge >= 0.3 is 0 Å². The van der Waals surface area contributed by atoms with Gasteiger partial charge in [0.1, 0.15) is 5.69 Å².